The van der Waals surface area contributed by atoms with Crippen molar-refractivity contribution < 1.29 is 9.47 Å². The zero-order valence-electron chi connectivity index (χ0n) is 12.0. The lowest BCUT2D eigenvalue weighted by Gasteiger charge is -2.08. The molecular formula is C16H20N2O2. The minimum absolute atomic E-state index is 0.271. The standard InChI is InChI=1S/C16H20N2O2/c1-3-11-9-19-15(17-11)13-7-5-6-8-14(13)16-18-12(4-2)10-20-16/h5-8,11-12H,3-4,9-10H2,1-2H3. The molecule has 2 unspecified atom stereocenters. The molecule has 0 amide bonds. The van der Waals surface area contributed by atoms with Crippen molar-refractivity contribution in [3.05, 3.63) is 35.4 Å². The number of benzene rings is 1. The van der Waals surface area contributed by atoms with E-state index in [0.717, 1.165) is 35.8 Å². The molecule has 4 nitrogen and oxygen atoms in total. The van der Waals surface area contributed by atoms with E-state index in [-0.39, 0.29) is 12.1 Å². The SMILES string of the molecule is CCC1COC(c2ccccc2C2=NC(CC)CO2)=N1. The van der Waals surface area contributed by atoms with Crippen molar-refractivity contribution >= 4 is 11.8 Å². The summed E-state index contributed by atoms with van der Waals surface area (Å²) in [4.78, 5) is 9.26. The first-order valence-corrected chi connectivity index (χ1v) is 7.32. The maximum atomic E-state index is 5.74. The van der Waals surface area contributed by atoms with Gasteiger partial charge in [0.15, 0.2) is 0 Å². The van der Waals surface area contributed by atoms with Crippen LogP contribution in [0.5, 0.6) is 0 Å². The van der Waals surface area contributed by atoms with Crippen LogP contribution < -0.4 is 0 Å². The van der Waals surface area contributed by atoms with Gasteiger partial charge in [0.05, 0.1) is 12.1 Å². The molecule has 0 saturated carbocycles. The average molecular weight is 272 g/mol. The van der Waals surface area contributed by atoms with Crippen LogP contribution in [-0.4, -0.2) is 37.1 Å². The van der Waals surface area contributed by atoms with Crippen molar-refractivity contribution in [2.75, 3.05) is 13.2 Å². The molecule has 0 N–H and O–H groups in total. The summed E-state index contributed by atoms with van der Waals surface area (Å²) in [6, 6.07) is 8.59. The molecular weight excluding hydrogens is 252 g/mol. The Morgan fingerprint density at radius 1 is 0.900 bits per heavy atom. The summed E-state index contributed by atoms with van der Waals surface area (Å²) in [6.45, 7) is 5.60. The number of rotatable bonds is 4. The third kappa shape index (κ3) is 2.42. The fraction of sp³-hybridized carbons (Fsp3) is 0.500. The molecule has 2 atom stereocenters. The summed E-state index contributed by atoms with van der Waals surface area (Å²) in [6.07, 6.45) is 2.00. The van der Waals surface area contributed by atoms with Gasteiger partial charge in [0, 0.05) is 11.1 Å². The monoisotopic (exact) mass is 272 g/mol. The Morgan fingerprint density at radius 3 is 1.70 bits per heavy atom. The van der Waals surface area contributed by atoms with Crippen LogP contribution in [0.2, 0.25) is 0 Å². The third-order valence-electron chi connectivity index (χ3n) is 3.75. The van der Waals surface area contributed by atoms with Gasteiger partial charge in [-0.15, -0.1) is 0 Å². The lowest BCUT2D eigenvalue weighted by Crippen LogP contribution is -2.11. The van der Waals surface area contributed by atoms with Gasteiger partial charge >= 0.3 is 0 Å². The molecule has 0 radical (unpaired) electrons. The van der Waals surface area contributed by atoms with E-state index in [9.17, 15) is 0 Å². The van der Waals surface area contributed by atoms with Crippen molar-refractivity contribution in [2.24, 2.45) is 9.98 Å². The van der Waals surface area contributed by atoms with E-state index in [1.807, 2.05) is 24.3 Å². The van der Waals surface area contributed by atoms with Gasteiger partial charge in [0.1, 0.15) is 13.2 Å². The van der Waals surface area contributed by atoms with Crippen LogP contribution in [0.25, 0.3) is 0 Å². The van der Waals surface area contributed by atoms with Gasteiger partial charge in [-0.25, -0.2) is 9.98 Å². The summed E-state index contributed by atoms with van der Waals surface area (Å²) in [5.41, 5.74) is 1.97. The Balaban J connectivity index is 1.94. The Kier molecular flexibility index (Phi) is 3.72. The van der Waals surface area contributed by atoms with E-state index >= 15 is 0 Å². The first kappa shape index (κ1) is 13.2. The van der Waals surface area contributed by atoms with Crippen molar-refractivity contribution in [1.29, 1.82) is 0 Å². The zero-order chi connectivity index (χ0) is 13.9. The van der Waals surface area contributed by atoms with E-state index in [1.165, 1.54) is 0 Å². The molecule has 106 valence electrons. The maximum Gasteiger partial charge on any atom is 0.217 e. The first-order valence-electron chi connectivity index (χ1n) is 7.32. The van der Waals surface area contributed by atoms with Gasteiger partial charge in [-0.2, -0.15) is 0 Å². The molecule has 1 aromatic carbocycles. The van der Waals surface area contributed by atoms with Gasteiger partial charge in [0.25, 0.3) is 0 Å². The highest BCUT2D eigenvalue weighted by molar-refractivity contribution is 6.08. The van der Waals surface area contributed by atoms with Gasteiger partial charge in [-0.05, 0) is 25.0 Å². The van der Waals surface area contributed by atoms with Crippen LogP contribution in [0.15, 0.2) is 34.3 Å². The Labute approximate surface area is 119 Å². The molecule has 1 aromatic rings. The van der Waals surface area contributed by atoms with Crippen LogP contribution in [0.1, 0.15) is 37.8 Å². The molecule has 0 aromatic heterocycles. The Morgan fingerprint density at radius 2 is 1.35 bits per heavy atom. The van der Waals surface area contributed by atoms with E-state index in [4.69, 9.17) is 9.47 Å². The average Bonchev–Trinajstić information content (AvgIpc) is 3.16. The number of ether oxygens (including phenoxy) is 2. The van der Waals surface area contributed by atoms with E-state index in [0.29, 0.717) is 13.2 Å². The van der Waals surface area contributed by atoms with Crippen LogP contribution in [0.4, 0.5) is 0 Å². The molecule has 0 saturated heterocycles. The minimum Gasteiger partial charge on any atom is -0.475 e. The molecule has 2 aliphatic heterocycles. The highest BCUT2D eigenvalue weighted by Gasteiger charge is 2.25. The molecule has 4 heteroatoms. The smallest absolute Gasteiger partial charge is 0.217 e. The number of hydrogen-bond donors (Lipinski definition) is 0. The van der Waals surface area contributed by atoms with E-state index < -0.39 is 0 Å². The highest BCUT2D eigenvalue weighted by Crippen LogP contribution is 2.21. The predicted molar refractivity (Wildman–Crippen MR) is 79.6 cm³/mol. The summed E-state index contributed by atoms with van der Waals surface area (Å²) in [7, 11) is 0. The normalized spacial score (nSPS) is 24.9. The minimum atomic E-state index is 0.271. The second-order valence-electron chi connectivity index (χ2n) is 5.16. The molecule has 3 rings (SSSR count). The number of aliphatic imine (C=N–C) groups is 2. The largest absolute Gasteiger partial charge is 0.475 e. The predicted octanol–water partition coefficient (Wildman–Crippen LogP) is 2.80. The van der Waals surface area contributed by atoms with Gasteiger partial charge in [0.2, 0.25) is 11.8 Å². The van der Waals surface area contributed by atoms with E-state index in [2.05, 4.69) is 23.8 Å². The van der Waals surface area contributed by atoms with Gasteiger partial charge in [-0.1, -0.05) is 26.0 Å². The topological polar surface area (TPSA) is 43.2 Å². The second-order valence-corrected chi connectivity index (χ2v) is 5.16. The van der Waals surface area contributed by atoms with Crippen LogP contribution in [0.3, 0.4) is 0 Å². The number of hydrogen-bond acceptors (Lipinski definition) is 4. The Hall–Kier alpha value is -1.84. The van der Waals surface area contributed by atoms with Gasteiger partial charge in [-0.3, -0.25) is 0 Å². The quantitative estimate of drug-likeness (QED) is 0.846. The van der Waals surface area contributed by atoms with Crippen molar-refractivity contribution in [3.63, 3.8) is 0 Å². The highest BCUT2D eigenvalue weighted by atomic mass is 16.5. The second kappa shape index (κ2) is 5.65. The molecule has 2 heterocycles. The van der Waals surface area contributed by atoms with Crippen LogP contribution in [-0.2, 0) is 9.47 Å². The fourth-order valence-electron chi connectivity index (χ4n) is 2.40. The van der Waals surface area contributed by atoms with Crippen molar-refractivity contribution in [1.82, 2.24) is 0 Å². The summed E-state index contributed by atoms with van der Waals surface area (Å²) < 4.78 is 11.5. The maximum absolute atomic E-state index is 5.74. The van der Waals surface area contributed by atoms with Crippen LogP contribution in [0, 0.1) is 0 Å². The molecule has 0 spiro atoms. The third-order valence-corrected chi connectivity index (χ3v) is 3.75. The van der Waals surface area contributed by atoms with Crippen LogP contribution >= 0.6 is 0 Å². The molecule has 0 bridgehead atoms. The van der Waals surface area contributed by atoms with Crippen molar-refractivity contribution in [2.45, 2.75) is 38.8 Å². The number of nitrogens with zero attached hydrogens (tertiary/aromatic N) is 2. The molecule has 0 aliphatic carbocycles. The molecule has 2 aliphatic rings. The summed E-state index contributed by atoms with van der Waals surface area (Å²) >= 11 is 0. The van der Waals surface area contributed by atoms with Crippen molar-refractivity contribution in [3.8, 4) is 0 Å². The molecule has 20 heavy (non-hydrogen) atoms. The zero-order valence-corrected chi connectivity index (χ0v) is 12.0. The Bertz CT molecular complexity index is 502. The van der Waals surface area contributed by atoms with E-state index in [1.54, 1.807) is 0 Å². The fourth-order valence-corrected chi connectivity index (χ4v) is 2.40. The summed E-state index contributed by atoms with van der Waals surface area (Å²) in [5.74, 6) is 1.44. The lowest BCUT2D eigenvalue weighted by molar-refractivity contribution is 0.312. The lowest BCUT2D eigenvalue weighted by atomic mass is 10.1. The first-order chi connectivity index (χ1) is 9.81. The summed E-state index contributed by atoms with van der Waals surface area (Å²) in [5, 5.41) is 0. The van der Waals surface area contributed by atoms with Gasteiger partial charge < -0.3 is 9.47 Å². The molecule has 0 fully saturated rings.